The second kappa shape index (κ2) is 8.38. The lowest BCUT2D eigenvalue weighted by atomic mass is 10.1. The molecule has 0 radical (unpaired) electrons. The van der Waals surface area contributed by atoms with Crippen molar-refractivity contribution >= 4 is 46.7 Å². The molecule has 0 bridgehead atoms. The number of nitrogens with one attached hydrogen (secondary N) is 1. The Labute approximate surface area is 154 Å². The van der Waals surface area contributed by atoms with E-state index in [9.17, 15) is 9.59 Å². The highest BCUT2D eigenvalue weighted by Crippen LogP contribution is 2.31. The normalized spacial score (nSPS) is 10.3. The van der Waals surface area contributed by atoms with Crippen LogP contribution in [-0.2, 0) is 16.1 Å². The number of halogens is 3. The zero-order valence-corrected chi connectivity index (χ0v) is 15.0. The maximum Gasteiger partial charge on any atom is 0.341 e. The van der Waals surface area contributed by atoms with Crippen LogP contribution in [0, 0.1) is 6.92 Å². The number of hydrogen-bond acceptors (Lipinski definition) is 3. The third-order valence-electron chi connectivity index (χ3n) is 3.32. The number of hydrogen-bond donors (Lipinski definition) is 1. The van der Waals surface area contributed by atoms with Gasteiger partial charge < -0.3 is 10.1 Å². The van der Waals surface area contributed by atoms with E-state index in [1.807, 2.05) is 31.2 Å². The van der Waals surface area contributed by atoms with Crippen molar-refractivity contribution in [2.45, 2.75) is 13.5 Å². The molecule has 0 spiro atoms. The molecule has 0 atom stereocenters. The zero-order chi connectivity index (χ0) is 17.7. The Balaban J connectivity index is 1.91. The van der Waals surface area contributed by atoms with Crippen molar-refractivity contribution in [2.24, 2.45) is 0 Å². The quantitative estimate of drug-likeness (QED) is 0.611. The van der Waals surface area contributed by atoms with E-state index in [2.05, 4.69) is 5.32 Å². The Morgan fingerprint density at radius 3 is 2.42 bits per heavy atom. The third kappa shape index (κ3) is 4.63. The summed E-state index contributed by atoms with van der Waals surface area (Å²) in [5.74, 6) is -1.24. The molecule has 1 N–H and O–H groups in total. The molecule has 0 aliphatic rings. The first-order valence-corrected chi connectivity index (χ1v) is 8.15. The van der Waals surface area contributed by atoms with Crippen LogP contribution in [0.15, 0.2) is 36.4 Å². The Bertz CT molecular complexity index is 778. The number of carbonyl (C=O) groups is 2. The van der Waals surface area contributed by atoms with E-state index in [1.165, 1.54) is 12.1 Å². The van der Waals surface area contributed by atoms with Gasteiger partial charge in [-0.3, -0.25) is 4.79 Å². The Kier molecular flexibility index (Phi) is 6.49. The van der Waals surface area contributed by atoms with Crippen LogP contribution in [0.5, 0.6) is 0 Å². The van der Waals surface area contributed by atoms with Crippen molar-refractivity contribution in [3.8, 4) is 0 Å². The van der Waals surface area contributed by atoms with Crippen molar-refractivity contribution in [1.29, 1.82) is 0 Å². The maximum atomic E-state index is 12.0. The van der Waals surface area contributed by atoms with Crippen LogP contribution in [0.1, 0.15) is 21.5 Å². The zero-order valence-electron chi connectivity index (χ0n) is 12.7. The molecule has 0 aliphatic carbocycles. The summed E-state index contributed by atoms with van der Waals surface area (Å²) in [6.07, 6.45) is 0. The fraction of sp³-hybridized carbons (Fsp3) is 0.176. The van der Waals surface area contributed by atoms with Crippen LogP contribution in [0.4, 0.5) is 0 Å². The SMILES string of the molecule is Cc1ccccc1CNC(=O)COC(=O)c1c(Cl)ccc(Cl)c1Cl. The highest BCUT2D eigenvalue weighted by atomic mass is 35.5. The fourth-order valence-electron chi connectivity index (χ4n) is 1.97. The molecule has 4 nitrogen and oxygen atoms in total. The van der Waals surface area contributed by atoms with E-state index >= 15 is 0 Å². The highest BCUT2D eigenvalue weighted by molar-refractivity contribution is 6.46. The Hall–Kier alpha value is -1.75. The van der Waals surface area contributed by atoms with Gasteiger partial charge in [0.15, 0.2) is 6.61 Å². The molecule has 0 heterocycles. The minimum absolute atomic E-state index is 0.00511. The van der Waals surface area contributed by atoms with E-state index < -0.39 is 18.5 Å². The van der Waals surface area contributed by atoms with Gasteiger partial charge in [-0.2, -0.15) is 0 Å². The van der Waals surface area contributed by atoms with Gasteiger partial charge in [0.1, 0.15) is 0 Å². The second-order valence-corrected chi connectivity index (χ2v) is 6.19. The van der Waals surface area contributed by atoms with E-state index in [1.54, 1.807) is 0 Å². The first-order chi connectivity index (χ1) is 11.4. The van der Waals surface area contributed by atoms with Gasteiger partial charge in [-0.1, -0.05) is 59.1 Å². The molecule has 2 aromatic carbocycles. The minimum atomic E-state index is -0.807. The maximum absolute atomic E-state index is 12.0. The lowest BCUT2D eigenvalue weighted by Crippen LogP contribution is -2.28. The number of rotatable bonds is 5. The lowest BCUT2D eigenvalue weighted by Gasteiger charge is -2.10. The first-order valence-electron chi connectivity index (χ1n) is 7.02. The van der Waals surface area contributed by atoms with Crippen LogP contribution < -0.4 is 5.32 Å². The van der Waals surface area contributed by atoms with Crippen molar-refractivity contribution in [2.75, 3.05) is 6.61 Å². The molecule has 0 unspecified atom stereocenters. The minimum Gasteiger partial charge on any atom is -0.452 e. The monoisotopic (exact) mass is 385 g/mol. The van der Waals surface area contributed by atoms with Crippen molar-refractivity contribution < 1.29 is 14.3 Å². The van der Waals surface area contributed by atoms with Crippen LogP contribution >= 0.6 is 34.8 Å². The summed E-state index contributed by atoms with van der Waals surface area (Å²) in [6, 6.07) is 10.6. The third-order valence-corrected chi connectivity index (χ3v) is 4.44. The van der Waals surface area contributed by atoms with E-state index in [0.717, 1.165) is 11.1 Å². The standard InChI is InChI=1S/C17H14Cl3NO3/c1-10-4-2-3-5-11(10)8-21-14(22)9-24-17(23)15-12(18)6-7-13(19)16(15)20/h2-7H,8-9H2,1H3,(H,21,22). The summed E-state index contributed by atoms with van der Waals surface area (Å²) < 4.78 is 4.95. The smallest absolute Gasteiger partial charge is 0.341 e. The number of aryl methyl sites for hydroxylation is 1. The average Bonchev–Trinajstić information content (AvgIpc) is 2.56. The summed E-state index contributed by atoms with van der Waals surface area (Å²) in [5.41, 5.74) is 1.99. The first kappa shape index (κ1) is 18.6. The van der Waals surface area contributed by atoms with Crippen molar-refractivity contribution in [1.82, 2.24) is 5.32 Å². The molecule has 2 aromatic rings. The molecule has 0 fully saturated rings. The molecular formula is C17H14Cl3NO3. The number of benzene rings is 2. The molecular weight excluding hydrogens is 373 g/mol. The number of carbonyl (C=O) groups excluding carboxylic acids is 2. The van der Waals surface area contributed by atoms with Gasteiger partial charge >= 0.3 is 5.97 Å². The summed E-state index contributed by atoms with van der Waals surface area (Å²) in [7, 11) is 0. The Morgan fingerprint density at radius 1 is 1.04 bits per heavy atom. The van der Waals surface area contributed by atoms with E-state index in [-0.39, 0.29) is 20.6 Å². The van der Waals surface area contributed by atoms with Gasteiger partial charge in [0, 0.05) is 6.54 Å². The van der Waals surface area contributed by atoms with Gasteiger partial charge in [0.25, 0.3) is 5.91 Å². The lowest BCUT2D eigenvalue weighted by molar-refractivity contribution is -0.124. The van der Waals surface area contributed by atoms with Gasteiger partial charge in [0.05, 0.1) is 20.6 Å². The largest absolute Gasteiger partial charge is 0.452 e. The molecule has 126 valence electrons. The fourth-order valence-corrected chi connectivity index (χ4v) is 2.65. The van der Waals surface area contributed by atoms with Crippen LogP contribution in [0.3, 0.4) is 0 Å². The molecule has 1 amide bonds. The molecule has 2 rings (SSSR count). The molecule has 24 heavy (non-hydrogen) atoms. The van der Waals surface area contributed by atoms with E-state index in [0.29, 0.717) is 6.54 Å². The highest BCUT2D eigenvalue weighted by Gasteiger charge is 2.19. The number of ether oxygens (including phenoxy) is 1. The predicted octanol–water partition coefficient (Wildman–Crippen LogP) is 4.43. The molecule has 0 saturated heterocycles. The molecule has 0 saturated carbocycles. The average molecular weight is 387 g/mol. The van der Waals surface area contributed by atoms with Crippen LogP contribution in [0.25, 0.3) is 0 Å². The molecule has 0 aromatic heterocycles. The van der Waals surface area contributed by atoms with Gasteiger partial charge in [-0.05, 0) is 30.2 Å². The Morgan fingerprint density at radius 2 is 1.71 bits per heavy atom. The number of esters is 1. The van der Waals surface area contributed by atoms with Crippen LogP contribution in [0.2, 0.25) is 15.1 Å². The van der Waals surface area contributed by atoms with Crippen LogP contribution in [-0.4, -0.2) is 18.5 Å². The van der Waals surface area contributed by atoms with Crippen molar-refractivity contribution in [3.63, 3.8) is 0 Å². The molecule has 7 heteroatoms. The van der Waals surface area contributed by atoms with E-state index in [4.69, 9.17) is 39.5 Å². The summed E-state index contributed by atoms with van der Waals surface area (Å²) >= 11 is 17.7. The summed E-state index contributed by atoms with van der Waals surface area (Å²) in [4.78, 5) is 23.9. The molecule has 0 aliphatic heterocycles. The predicted molar refractivity (Wildman–Crippen MR) is 94.8 cm³/mol. The summed E-state index contributed by atoms with van der Waals surface area (Å²) in [5, 5.41) is 2.96. The number of amides is 1. The van der Waals surface area contributed by atoms with Gasteiger partial charge in [0.2, 0.25) is 0 Å². The second-order valence-electron chi connectivity index (χ2n) is 5.00. The topological polar surface area (TPSA) is 55.4 Å². The van der Waals surface area contributed by atoms with Crippen molar-refractivity contribution in [3.05, 3.63) is 68.2 Å². The van der Waals surface area contributed by atoms with Gasteiger partial charge in [-0.25, -0.2) is 4.79 Å². The van der Waals surface area contributed by atoms with Gasteiger partial charge in [-0.15, -0.1) is 0 Å². The summed E-state index contributed by atoms with van der Waals surface area (Å²) in [6.45, 7) is 1.86.